The molecule has 0 radical (unpaired) electrons. The van der Waals surface area contributed by atoms with E-state index in [-0.39, 0.29) is 6.04 Å². The Kier molecular flexibility index (Phi) is 4.07. The monoisotopic (exact) mass is 262 g/mol. The SMILES string of the molecule is C[C@H](NCc1ccc(C(=O)O)s1)c1ccncc1. The second kappa shape index (κ2) is 5.75. The summed E-state index contributed by atoms with van der Waals surface area (Å²) in [5, 5.41) is 12.2. The minimum absolute atomic E-state index is 0.211. The highest BCUT2D eigenvalue weighted by molar-refractivity contribution is 7.13. The second-order valence-corrected chi connectivity index (χ2v) is 5.12. The van der Waals surface area contributed by atoms with E-state index in [2.05, 4.69) is 17.2 Å². The van der Waals surface area contributed by atoms with Gasteiger partial charge < -0.3 is 10.4 Å². The molecule has 0 amide bonds. The van der Waals surface area contributed by atoms with Gasteiger partial charge in [0.05, 0.1) is 0 Å². The van der Waals surface area contributed by atoms with Gasteiger partial charge in [0.25, 0.3) is 0 Å². The molecular weight excluding hydrogens is 248 g/mol. The van der Waals surface area contributed by atoms with Crippen LogP contribution in [0.3, 0.4) is 0 Å². The van der Waals surface area contributed by atoms with Crippen molar-refractivity contribution in [2.75, 3.05) is 0 Å². The van der Waals surface area contributed by atoms with Crippen LogP contribution in [-0.2, 0) is 6.54 Å². The quantitative estimate of drug-likeness (QED) is 0.869. The van der Waals surface area contributed by atoms with Crippen LogP contribution in [0.2, 0.25) is 0 Å². The number of pyridine rings is 1. The van der Waals surface area contributed by atoms with Crippen LogP contribution in [0.5, 0.6) is 0 Å². The number of rotatable bonds is 5. The number of hydrogen-bond donors (Lipinski definition) is 2. The molecule has 0 aliphatic carbocycles. The van der Waals surface area contributed by atoms with E-state index in [0.717, 1.165) is 4.88 Å². The number of carboxylic acid groups (broad SMARTS) is 1. The number of thiophene rings is 1. The summed E-state index contributed by atoms with van der Waals surface area (Å²) in [6.45, 7) is 2.74. The molecule has 2 rings (SSSR count). The zero-order valence-corrected chi connectivity index (χ0v) is 10.8. The topological polar surface area (TPSA) is 62.2 Å². The fourth-order valence-electron chi connectivity index (χ4n) is 1.61. The predicted molar refractivity (Wildman–Crippen MR) is 70.8 cm³/mol. The lowest BCUT2D eigenvalue weighted by Crippen LogP contribution is -2.17. The number of nitrogens with one attached hydrogen (secondary N) is 1. The maximum Gasteiger partial charge on any atom is 0.345 e. The van der Waals surface area contributed by atoms with Gasteiger partial charge in [-0.15, -0.1) is 11.3 Å². The molecule has 5 heteroatoms. The number of nitrogens with zero attached hydrogens (tertiary/aromatic N) is 1. The van der Waals surface area contributed by atoms with Crippen LogP contribution in [0.4, 0.5) is 0 Å². The highest BCUT2D eigenvalue weighted by Crippen LogP contribution is 2.18. The number of aromatic nitrogens is 1. The van der Waals surface area contributed by atoms with Gasteiger partial charge in [0.1, 0.15) is 4.88 Å². The molecule has 2 heterocycles. The third kappa shape index (κ3) is 3.15. The molecule has 0 saturated carbocycles. The molecule has 2 N–H and O–H groups in total. The summed E-state index contributed by atoms with van der Waals surface area (Å²) in [5.41, 5.74) is 1.17. The summed E-state index contributed by atoms with van der Waals surface area (Å²) >= 11 is 1.30. The smallest absolute Gasteiger partial charge is 0.345 e. The number of aromatic carboxylic acids is 1. The lowest BCUT2D eigenvalue weighted by Gasteiger charge is -2.12. The van der Waals surface area contributed by atoms with Crippen LogP contribution in [-0.4, -0.2) is 16.1 Å². The van der Waals surface area contributed by atoms with Gasteiger partial charge in [0.2, 0.25) is 0 Å². The van der Waals surface area contributed by atoms with E-state index in [0.29, 0.717) is 11.4 Å². The summed E-state index contributed by atoms with van der Waals surface area (Å²) in [4.78, 5) is 16.1. The van der Waals surface area contributed by atoms with Crippen molar-refractivity contribution in [3.8, 4) is 0 Å². The molecule has 4 nitrogen and oxygen atoms in total. The van der Waals surface area contributed by atoms with Crippen LogP contribution < -0.4 is 5.32 Å². The van der Waals surface area contributed by atoms with Gasteiger partial charge in [-0.25, -0.2) is 4.79 Å². The van der Waals surface area contributed by atoms with E-state index in [1.54, 1.807) is 18.5 Å². The number of hydrogen-bond acceptors (Lipinski definition) is 4. The van der Waals surface area contributed by atoms with E-state index >= 15 is 0 Å². The molecule has 0 spiro atoms. The summed E-state index contributed by atoms with van der Waals surface area (Å²) < 4.78 is 0. The predicted octanol–water partition coefficient (Wildman–Crippen LogP) is 2.69. The first-order chi connectivity index (χ1) is 8.66. The molecule has 0 aliphatic heterocycles. The van der Waals surface area contributed by atoms with Gasteiger partial charge >= 0.3 is 5.97 Å². The summed E-state index contributed by atoms with van der Waals surface area (Å²) in [7, 11) is 0. The van der Waals surface area contributed by atoms with Gasteiger partial charge in [-0.05, 0) is 36.8 Å². The minimum atomic E-state index is -0.867. The van der Waals surface area contributed by atoms with Gasteiger partial charge in [-0.2, -0.15) is 0 Å². The fraction of sp³-hybridized carbons (Fsp3) is 0.231. The second-order valence-electron chi connectivity index (χ2n) is 3.95. The Balaban J connectivity index is 1.93. The van der Waals surface area contributed by atoms with Gasteiger partial charge in [-0.3, -0.25) is 4.98 Å². The Bertz CT molecular complexity index is 525. The third-order valence-electron chi connectivity index (χ3n) is 2.66. The third-order valence-corrected chi connectivity index (χ3v) is 3.73. The van der Waals surface area contributed by atoms with Crippen molar-refractivity contribution in [2.45, 2.75) is 19.5 Å². The molecule has 2 aromatic heterocycles. The van der Waals surface area contributed by atoms with Crippen molar-refractivity contribution in [1.29, 1.82) is 0 Å². The lowest BCUT2D eigenvalue weighted by atomic mass is 10.1. The van der Waals surface area contributed by atoms with Crippen LogP contribution in [0.25, 0.3) is 0 Å². The average molecular weight is 262 g/mol. The van der Waals surface area contributed by atoms with E-state index in [1.807, 2.05) is 18.2 Å². The van der Waals surface area contributed by atoms with Gasteiger partial charge in [0.15, 0.2) is 0 Å². The normalized spacial score (nSPS) is 12.3. The Morgan fingerprint density at radius 3 is 2.72 bits per heavy atom. The first-order valence-corrected chi connectivity index (χ1v) is 6.44. The van der Waals surface area contributed by atoms with Gasteiger partial charge in [0, 0.05) is 29.9 Å². The highest BCUT2D eigenvalue weighted by Gasteiger charge is 2.08. The van der Waals surface area contributed by atoms with Crippen molar-refractivity contribution in [2.24, 2.45) is 0 Å². The molecule has 0 fully saturated rings. The zero-order chi connectivity index (χ0) is 13.0. The summed E-state index contributed by atoms with van der Waals surface area (Å²) in [6, 6.07) is 7.63. The minimum Gasteiger partial charge on any atom is -0.477 e. The first-order valence-electron chi connectivity index (χ1n) is 5.62. The largest absolute Gasteiger partial charge is 0.477 e. The molecule has 2 aromatic rings. The first kappa shape index (κ1) is 12.7. The molecule has 94 valence electrons. The molecule has 1 atom stereocenters. The van der Waals surface area contributed by atoms with E-state index in [1.165, 1.54) is 16.9 Å². The fourth-order valence-corrected chi connectivity index (χ4v) is 2.41. The standard InChI is InChI=1S/C13H14N2O2S/c1-9(10-4-6-14-7-5-10)15-8-11-2-3-12(18-11)13(16)17/h2-7,9,15H,8H2,1H3,(H,16,17)/t9-/m0/s1. The van der Waals surface area contributed by atoms with Crippen molar-refractivity contribution < 1.29 is 9.90 Å². The molecular formula is C13H14N2O2S. The van der Waals surface area contributed by atoms with Crippen molar-refractivity contribution in [1.82, 2.24) is 10.3 Å². The molecule has 18 heavy (non-hydrogen) atoms. The number of carboxylic acids is 1. The summed E-state index contributed by atoms with van der Waals surface area (Å²) in [6.07, 6.45) is 3.53. The van der Waals surface area contributed by atoms with Crippen LogP contribution >= 0.6 is 11.3 Å². The number of carbonyl (C=O) groups is 1. The molecule has 0 aliphatic rings. The molecule has 0 bridgehead atoms. The van der Waals surface area contributed by atoms with Crippen LogP contribution in [0.1, 0.15) is 33.1 Å². The Hall–Kier alpha value is -1.72. The van der Waals surface area contributed by atoms with Crippen molar-refractivity contribution in [3.05, 3.63) is 52.0 Å². The van der Waals surface area contributed by atoms with Crippen LogP contribution in [0.15, 0.2) is 36.7 Å². The van der Waals surface area contributed by atoms with E-state index in [4.69, 9.17) is 5.11 Å². The Labute approximate surface area is 109 Å². The summed E-state index contributed by atoms with van der Waals surface area (Å²) in [5.74, 6) is -0.867. The Morgan fingerprint density at radius 2 is 2.11 bits per heavy atom. The van der Waals surface area contributed by atoms with Crippen molar-refractivity contribution >= 4 is 17.3 Å². The maximum atomic E-state index is 10.8. The van der Waals surface area contributed by atoms with E-state index in [9.17, 15) is 4.79 Å². The highest BCUT2D eigenvalue weighted by atomic mass is 32.1. The lowest BCUT2D eigenvalue weighted by molar-refractivity contribution is 0.0702. The van der Waals surface area contributed by atoms with E-state index < -0.39 is 5.97 Å². The van der Waals surface area contributed by atoms with Gasteiger partial charge in [-0.1, -0.05) is 0 Å². The van der Waals surface area contributed by atoms with Crippen molar-refractivity contribution in [3.63, 3.8) is 0 Å². The van der Waals surface area contributed by atoms with Crippen LogP contribution in [0, 0.1) is 0 Å². The molecule has 0 aromatic carbocycles. The maximum absolute atomic E-state index is 10.8. The average Bonchev–Trinajstić information content (AvgIpc) is 2.86. The molecule has 0 saturated heterocycles. The molecule has 0 unspecified atom stereocenters. The Morgan fingerprint density at radius 1 is 1.39 bits per heavy atom. The zero-order valence-electron chi connectivity index (χ0n) is 9.96.